The van der Waals surface area contributed by atoms with E-state index < -0.39 is 5.82 Å². The van der Waals surface area contributed by atoms with Crippen LogP contribution in [0, 0.1) is 5.82 Å². The van der Waals surface area contributed by atoms with Gasteiger partial charge in [0.15, 0.2) is 0 Å². The molecular formula is C19H15Cl2FN4S. The van der Waals surface area contributed by atoms with Crippen LogP contribution in [0.25, 0.3) is 11.3 Å². The standard InChI is InChI=1S/C19H15Cl2FN4S/c20-13-8-9-15(23-19(13)12-4-1-5-14(22)18(12)21)25-27-17-7-2-6-16(24-17)26-10-3-11-26/h1-2,4-9H,3,10-11H2,(H,23,25). The predicted molar refractivity (Wildman–Crippen MR) is 110 cm³/mol. The van der Waals surface area contributed by atoms with Crippen LogP contribution in [0.2, 0.25) is 10.0 Å². The highest BCUT2D eigenvalue weighted by Crippen LogP contribution is 2.34. The fourth-order valence-corrected chi connectivity index (χ4v) is 3.69. The van der Waals surface area contributed by atoms with Gasteiger partial charge in [0.25, 0.3) is 0 Å². The quantitative estimate of drug-likeness (QED) is 0.518. The van der Waals surface area contributed by atoms with Crippen molar-refractivity contribution < 1.29 is 4.39 Å². The van der Waals surface area contributed by atoms with E-state index in [0.717, 1.165) is 23.9 Å². The second-order valence-electron chi connectivity index (χ2n) is 6.01. The molecule has 138 valence electrons. The summed E-state index contributed by atoms with van der Waals surface area (Å²) in [5.41, 5.74) is 0.877. The molecule has 4 nitrogen and oxygen atoms in total. The van der Waals surface area contributed by atoms with E-state index in [1.54, 1.807) is 24.3 Å². The van der Waals surface area contributed by atoms with Crippen LogP contribution in [0.15, 0.2) is 53.6 Å². The van der Waals surface area contributed by atoms with Crippen molar-refractivity contribution in [3.8, 4) is 11.3 Å². The van der Waals surface area contributed by atoms with E-state index in [0.29, 0.717) is 22.1 Å². The van der Waals surface area contributed by atoms with Crippen molar-refractivity contribution in [2.24, 2.45) is 0 Å². The lowest BCUT2D eigenvalue weighted by molar-refractivity contribution is 0.607. The smallest absolute Gasteiger partial charge is 0.142 e. The maximum Gasteiger partial charge on any atom is 0.142 e. The largest absolute Gasteiger partial charge is 0.356 e. The summed E-state index contributed by atoms with van der Waals surface area (Å²) in [7, 11) is 0. The van der Waals surface area contributed by atoms with Crippen molar-refractivity contribution >= 4 is 46.8 Å². The third kappa shape index (κ3) is 3.98. The summed E-state index contributed by atoms with van der Waals surface area (Å²) in [5, 5.41) is 1.23. The minimum absolute atomic E-state index is 0.000573. The number of halogens is 3. The van der Waals surface area contributed by atoms with E-state index in [2.05, 4.69) is 19.6 Å². The highest BCUT2D eigenvalue weighted by molar-refractivity contribution is 8.00. The van der Waals surface area contributed by atoms with Gasteiger partial charge in [-0.25, -0.2) is 14.4 Å². The van der Waals surface area contributed by atoms with Gasteiger partial charge in [-0.15, -0.1) is 0 Å². The molecule has 0 saturated carbocycles. The maximum atomic E-state index is 13.8. The number of rotatable bonds is 5. The van der Waals surface area contributed by atoms with Crippen molar-refractivity contribution in [1.29, 1.82) is 0 Å². The van der Waals surface area contributed by atoms with E-state index in [1.165, 1.54) is 24.4 Å². The summed E-state index contributed by atoms with van der Waals surface area (Å²) >= 11 is 13.7. The van der Waals surface area contributed by atoms with Crippen molar-refractivity contribution in [2.75, 3.05) is 22.7 Å². The number of pyridine rings is 2. The van der Waals surface area contributed by atoms with Crippen molar-refractivity contribution in [3.63, 3.8) is 0 Å². The molecule has 0 atom stereocenters. The van der Waals surface area contributed by atoms with Crippen LogP contribution in [0.4, 0.5) is 16.0 Å². The molecule has 0 aliphatic carbocycles. The minimum Gasteiger partial charge on any atom is -0.356 e. The first-order valence-electron chi connectivity index (χ1n) is 8.37. The lowest BCUT2D eigenvalue weighted by Crippen LogP contribution is -2.37. The zero-order valence-electron chi connectivity index (χ0n) is 14.1. The Labute approximate surface area is 170 Å². The van der Waals surface area contributed by atoms with Crippen LogP contribution in [-0.4, -0.2) is 23.1 Å². The maximum absolute atomic E-state index is 13.8. The molecular weight excluding hydrogens is 406 g/mol. The fraction of sp³-hybridized carbons (Fsp3) is 0.158. The van der Waals surface area contributed by atoms with E-state index >= 15 is 0 Å². The number of nitrogens with one attached hydrogen (secondary N) is 1. The molecule has 4 rings (SSSR count). The zero-order valence-corrected chi connectivity index (χ0v) is 16.5. The van der Waals surface area contributed by atoms with E-state index in [4.69, 9.17) is 23.2 Å². The number of benzene rings is 1. The number of hydrogen-bond donors (Lipinski definition) is 1. The van der Waals surface area contributed by atoms with Crippen molar-refractivity contribution in [3.05, 3.63) is 64.4 Å². The summed E-state index contributed by atoms with van der Waals surface area (Å²) < 4.78 is 16.9. The Morgan fingerprint density at radius 3 is 2.59 bits per heavy atom. The second-order valence-corrected chi connectivity index (χ2v) is 7.62. The van der Waals surface area contributed by atoms with Crippen molar-refractivity contribution in [1.82, 2.24) is 9.97 Å². The van der Waals surface area contributed by atoms with E-state index in [9.17, 15) is 4.39 Å². The monoisotopic (exact) mass is 420 g/mol. The number of hydrogen-bond acceptors (Lipinski definition) is 5. The minimum atomic E-state index is -0.508. The third-order valence-electron chi connectivity index (χ3n) is 4.20. The lowest BCUT2D eigenvalue weighted by atomic mass is 10.1. The van der Waals surface area contributed by atoms with Crippen LogP contribution < -0.4 is 9.62 Å². The topological polar surface area (TPSA) is 41.1 Å². The van der Waals surface area contributed by atoms with Gasteiger partial charge in [0.05, 0.1) is 15.7 Å². The highest BCUT2D eigenvalue weighted by Gasteiger charge is 2.16. The summed E-state index contributed by atoms with van der Waals surface area (Å²) in [4.78, 5) is 11.4. The van der Waals surface area contributed by atoms with Crippen LogP contribution in [0.3, 0.4) is 0 Å². The molecule has 3 heterocycles. The molecule has 0 bridgehead atoms. The number of nitrogens with zero attached hydrogens (tertiary/aromatic N) is 3. The van der Waals surface area contributed by atoms with Gasteiger partial charge in [-0.05, 0) is 36.8 Å². The first-order valence-corrected chi connectivity index (χ1v) is 9.95. The first kappa shape index (κ1) is 18.3. The second kappa shape index (κ2) is 7.92. The van der Waals surface area contributed by atoms with Crippen LogP contribution in [0.1, 0.15) is 6.42 Å². The molecule has 3 aromatic rings. The summed E-state index contributed by atoms with van der Waals surface area (Å²) in [6.45, 7) is 2.09. The molecule has 1 fully saturated rings. The Hall–Kier alpha value is -2.02. The average molecular weight is 421 g/mol. The van der Waals surface area contributed by atoms with Gasteiger partial charge in [0, 0.05) is 30.6 Å². The summed E-state index contributed by atoms with van der Waals surface area (Å²) in [6.07, 6.45) is 1.21. The fourth-order valence-electron chi connectivity index (χ4n) is 2.66. The van der Waals surface area contributed by atoms with Crippen LogP contribution in [0.5, 0.6) is 0 Å². The van der Waals surface area contributed by atoms with Gasteiger partial charge in [0.1, 0.15) is 22.5 Å². The first-order chi connectivity index (χ1) is 13.1. The van der Waals surface area contributed by atoms with Gasteiger partial charge in [-0.3, -0.25) is 0 Å². The number of anilines is 2. The van der Waals surface area contributed by atoms with E-state index in [1.807, 2.05) is 18.2 Å². The average Bonchev–Trinajstić information content (AvgIpc) is 2.63. The van der Waals surface area contributed by atoms with Gasteiger partial charge < -0.3 is 9.62 Å². The highest BCUT2D eigenvalue weighted by atomic mass is 35.5. The SMILES string of the molecule is Fc1cccc(-c2nc(NSc3cccc(N4CCC4)n3)ccc2Cl)c1Cl. The van der Waals surface area contributed by atoms with Gasteiger partial charge >= 0.3 is 0 Å². The molecule has 1 aliphatic heterocycles. The summed E-state index contributed by atoms with van der Waals surface area (Å²) in [6, 6.07) is 14.0. The lowest BCUT2D eigenvalue weighted by Gasteiger charge is -2.32. The molecule has 8 heteroatoms. The molecule has 0 radical (unpaired) electrons. The van der Waals surface area contributed by atoms with Crippen LogP contribution in [-0.2, 0) is 0 Å². The summed E-state index contributed by atoms with van der Waals surface area (Å²) in [5.74, 6) is 1.05. The molecule has 1 N–H and O–H groups in total. The molecule has 27 heavy (non-hydrogen) atoms. The number of aromatic nitrogens is 2. The van der Waals surface area contributed by atoms with Crippen molar-refractivity contribution in [2.45, 2.75) is 11.4 Å². The molecule has 1 saturated heterocycles. The normalized spacial score (nSPS) is 13.4. The Morgan fingerprint density at radius 1 is 1.00 bits per heavy atom. The van der Waals surface area contributed by atoms with Gasteiger partial charge in [-0.2, -0.15) is 0 Å². The third-order valence-corrected chi connectivity index (χ3v) is 5.64. The Balaban J connectivity index is 1.54. The predicted octanol–water partition coefficient (Wildman–Crippen LogP) is 5.92. The molecule has 0 unspecified atom stereocenters. The van der Waals surface area contributed by atoms with E-state index in [-0.39, 0.29) is 5.02 Å². The molecule has 1 aromatic carbocycles. The van der Waals surface area contributed by atoms with Gasteiger partial charge in [-0.1, -0.05) is 41.4 Å². The zero-order chi connectivity index (χ0) is 18.8. The molecule has 0 spiro atoms. The Kier molecular flexibility index (Phi) is 5.38. The van der Waals surface area contributed by atoms with Crippen LogP contribution >= 0.6 is 35.1 Å². The Bertz CT molecular complexity index is 982. The van der Waals surface area contributed by atoms with Gasteiger partial charge in [0.2, 0.25) is 0 Å². The molecule has 0 amide bonds. The molecule has 1 aliphatic rings. The Morgan fingerprint density at radius 2 is 1.81 bits per heavy atom. The molecule has 2 aromatic heterocycles.